The lowest BCUT2D eigenvalue weighted by molar-refractivity contribution is -0.339. The molecule has 5 heteroatoms. The first-order chi connectivity index (χ1) is 8.68. The predicted molar refractivity (Wildman–Crippen MR) is 77.7 cm³/mol. The molecule has 0 radical (unpaired) electrons. The van der Waals surface area contributed by atoms with Gasteiger partial charge in [0.1, 0.15) is 0 Å². The predicted octanol–water partition coefficient (Wildman–Crippen LogP) is 4.50. The van der Waals surface area contributed by atoms with Crippen LogP contribution in [-0.4, -0.2) is 19.8 Å². The minimum atomic E-state index is -2.41. The van der Waals surface area contributed by atoms with E-state index in [2.05, 4.69) is 34.6 Å². The van der Waals surface area contributed by atoms with Gasteiger partial charge < -0.3 is 0 Å². The van der Waals surface area contributed by atoms with E-state index in [-0.39, 0.29) is 11.2 Å². The molecular formula is C14H30O4Si. The molecule has 114 valence electrons. The molecule has 1 aliphatic rings. The second-order valence-corrected chi connectivity index (χ2v) is 10.0. The summed E-state index contributed by atoms with van der Waals surface area (Å²) in [7, 11) is -2.41. The van der Waals surface area contributed by atoms with Crippen molar-refractivity contribution >= 4 is 8.56 Å². The highest BCUT2D eigenvalue weighted by Crippen LogP contribution is 2.31. The molecule has 0 aliphatic carbocycles. The Hall–Kier alpha value is 0.0569. The molecule has 1 rings (SSSR count). The number of unbranched alkanes of at least 4 members (excludes halogenated alkanes) is 2. The van der Waals surface area contributed by atoms with Crippen LogP contribution in [0.3, 0.4) is 0 Å². The van der Waals surface area contributed by atoms with Gasteiger partial charge in [0.25, 0.3) is 0 Å². The lowest BCUT2D eigenvalue weighted by atomic mass is 9.94. The standard InChI is InChI=1S/C14H30O4Si/c1-7-8-9-12-19(6)17-15-13(2,3)10-11-14(4,5)16-18-19/h7-12H2,1-6H3. The fourth-order valence-corrected chi connectivity index (χ4v) is 3.77. The Labute approximate surface area is 118 Å². The first-order valence-corrected chi connectivity index (χ1v) is 9.94. The summed E-state index contributed by atoms with van der Waals surface area (Å²) in [5, 5.41) is 0. The first-order valence-electron chi connectivity index (χ1n) is 7.42. The van der Waals surface area contributed by atoms with Crippen molar-refractivity contribution < 1.29 is 18.9 Å². The monoisotopic (exact) mass is 290 g/mol. The largest absolute Gasteiger partial charge is 0.406 e. The zero-order valence-corrected chi connectivity index (χ0v) is 14.4. The summed E-state index contributed by atoms with van der Waals surface area (Å²) < 4.78 is 11.4. The Morgan fingerprint density at radius 2 is 1.37 bits per heavy atom. The molecule has 0 aromatic heterocycles. The molecule has 0 aromatic carbocycles. The topological polar surface area (TPSA) is 36.9 Å². The van der Waals surface area contributed by atoms with Gasteiger partial charge >= 0.3 is 8.56 Å². The Bertz CT molecular complexity index is 259. The van der Waals surface area contributed by atoms with Crippen LogP contribution < -0.4 is 0 Å². The Balaban J connectivity index is 2.69. The molecule has 1 heterocycles. The Morgan fingerprint density at radius 1 is 0.895 bits per heavy atom. The molecule has 0 amide bonds. The van der Waals surface area contributed by atoms with E-state index >= 15 is 0 Å². The molecule has 0 spiro atoms. The van der Waals surface area contributed by atoms with Crippen LogP contribution in [0.2, 0.25) is 12.6 Å². The van der Waals surface area contributed by atoms with Crippen LogP contribution in [0.4, 0.5) is 0 Å². The summed E-state index contributed by atoms with van der Waals surface area (Å²) in [4.78, 5) is 11.3. The molecule has 0 unspecified atom stereocenters. The van der Waals surface area contributed by atoms with Crippen LogP contribution in [0.5, 0.6) is 0 Å². The number of rotatable bonds is 4. The molecule has 0 aromatic rings. The van der Waals surface area contributed by atoms with E-state index in [1.165, 1.54) is 12.8 Å². The highest BCUT2D eigenvalue weighted by Gasteiger charge is 2.41. The van der Waals surface area contributed by atoms with Crippen LogP contribution in [-0.2, 0) is 18.9 Å². The highest BCUT2D eigenvalue weighted by molar-refractivity contribution is 6.65. The number of hydrogen-bond acceptors (Lipinski definition) is 4. The Kier molecular flexibility index (Phi) is 6.01. The maximum absolute atomic E-state index is 5.70. The second kappa shape index (κ2) is 6.67. The third-order valence-electron chi connectivity index (χ3n) is 3.45. The van der Waals surface area contributed by atoms with Gasteiger partial charge in [-0.15, -0.1) is 0 Å². The van der Waals surface area contributed by atoms with Gasteiger partial charge in [-0.1, -0.05) is 26.2 Å². The van der Waals surface area contributed by atoms with E-state index in [9.17, 15) is 0 Å². The van der Waals surface area contributed by atoms with Crippen molar-refractivity contribution in [2.75, 3.05) is 0 Å². The van der Waals surface area contributed by atoms with Gasteiger partial charge in [0.15, 0.2) is 0 Å². The van der Waals surface area contributed by atoms with E-state index in [1.54, 1.807) is 0 Å². The molecule has 0 atom stereocenters. The van der Waals surface area contributed by atoms with Crippen LogP contribution in [0, 0.1) is 0 Å². The molecule has 1 aliphatic heterocycles. The van der Waals surface area contributed by atoms with Crippen molar-refractivity contribution in [3.63, 3.8) is 0 Å². The summed E-state index contributed by atoms with van der Waals surface area (Å²) in [5.74, 6) is 0. The average Bonchev–Trinajstić information content (AvgIpc) is 2.36. The SMILES string of the molecule is CCCCC[Si]1(C)OOC(C)(C)CCC(C)(C)OO1. The van der Waals surface area contributed by atoms with Gasteiger partial charge in [0.05, 0.1) is 11.2 Å². The van der Waals surface area contributed by atoms with Crippen molar-refractivity contribution in [3.05, 3.63) is 0 Å². The van der Waals surface area contributed by atoms with Crippen LogP contribution in [0.1, 0.15) is 66.7 Å². The summed E-state index contributed by atoms with van der Waals surface area (Å²) in [6.45, 7) is 12.4. The van der Waals surface area contributed by atoms with Gasteiger partial charge in [-0.3, -0.25) is 0 Å². The van der Waals surface area contributed by atoms with Crippen molar-refractivity contribution in [2.45, 2.75) is 90.5 Å². The quantitative estimate of drug-likeness (QED) is 0.434. The molecule has 19 heavy (non-hydrogen) atoms. The van der Waals surface area contributed by atoms with Crippen molar-refractivity contribution in [1.82, 2.24) is 0 Å². The van der Waals surface area contributed by atoms with Gasteiger partial charge in [-0.25, -0.2) is 18.9 Å². The summed E-state index contributed by atoms with van der Waals surface area (Å²) >= 11 is 0. The van der Waals surface area contributed by atoms with Gasteiger partial charge in [0.2, 0.25) is 0 Å². The smallest absolute Gasteiger partial charge is 0.248 e. The molecule has 0 saturated carbocycles. The van der Waals surface area contributed by atoms with E-state index in [4.69, 9.17) is 18.9 Å². The molecule has 0 N–H and O–H groups in total. The van der Waals surface area contributed by atoms with Crippen LogP contribution in [0.15, 0.2) is 0 Å². The highest BCUT2D eigenvalue weighted by atomic mass is 28.4. The maximum Gasteiger partial charge on any atom is 0.406 e. The fraction of sp³-hybridized carbons (Fsp3) is 1.00. The van der Waals surface area contributed by atoms with Crippen LogP contribution >= 0.6 is 0 Å². The summed E-state index contributed by atoms with van der Waals surface area (Å²) in [6, 6.07) is 0.896. The molecule has 1 saturated heterocycles. The second-order valence-electron chi connectivity index (χ2n) is 6.94. The van der Waals surface area contributed by atoms with Crippen molar-refractivity contribution in [3.8, 4) is 0 Å². The first kappa shape index (κ1) is 17.1. The lowest BCUT2D eigenvalue weighted by Crippen LogP contribution is -2.42. The van der Waals surface area contributed by atoms with Crippen LogP contribution in [0.25, 0.3) is 0 Å². The van der Waals surface area contributed by atoms with Crippen molar-refractivity contribution in [1.29, 1.82) is 0 Å². The number of hydrogen-bond donors (Lipinski definition) is 0. The Morgan fingerprint density at radius 3 is 1.79 bits per heavy atom. The zero-order valence-electron chi connectivity index (χ0n) is 13.4. The van der Waals surface area contributed by atoms with E-state index < -0.39 is 8.56 Å². The third kappa shape index (κ3) is 6.36. The van der Waals surface area contributed by atoms with E-state index in [0.717, 1.165) is 25.3 Å². The molecule has 4 nitrogen and oxygen atoms in total. The average molecular weight is 290 g/mol. The van der Waals surface area contributed by atoms with Crippen molar-refractivity contribution in [2.24, 2.45) is 0 Å². The van der Waals surface area contributed by atoms with Gasteiger partial charge in [-0.2, -0.15) is 0 Å². The minimum absolute atomic E-state index is 0.298. The minimum Gasteiger partial charge on any atom is -0.248 e. The molecule has 1 fully saturated rings. The lowest BCUT2D eigenvalue weighted by Gasteiger charge is -2.29. The maximum atomic E-state index is 5.70. The molecule has 0 bridgehead atoms. The van der Waals surface area contributed by atoms with E-state index in [1.807, 2.05) is 6.55 Å². The third-order valence-corrected chi connectivity index (χ3v) is 5.58. The summed E-state index contributed by atoms with van der Waals surface area (Å²) in [6.07, 6.45) is 5.21. The zero-order chi connectivity index (χ0) is 14.6. The van der Waals surface area contributed by atoms with Gasteiger partial charge in [-0.05, 0) is 53.1 Å². The normalized spacial score (nSPS) is 26.2. The summed E-state index contributed by atoms with van der Waals surface area (Å²) in [5.41, 5.74) is -0.597. The van der Waals surface area contributed by atoms with E-state index in [0.29, 0.717) is 0 Å². The van der Waals surface area contributed by atoms with Gasteiger partial charge in [0, 0.05) is 0 Å². The fourth-order valence-electron chi connectivity index (χ4n) is 1.88. The molecular weight excluding hydrogens is 260 g/mol.